The van der Waals surface area contributed by atoms with Gasteiger partial charge in [0.2, 0.25) is 0 Å². The summed E-state index contributed by atoms with van der Waals surface area (Å²) in [6, 6.07) is 4.32. The maximum absolute atomic E-state index is 9.94. The Hall–Kier alpha value is -1.68. The SMILES string of the molecule is CC(O)c1cn(C(C)C)c2cc3c(cc12)OCCO3. The second-order valence-corrected chi connectivity index (χ2v) is 5.27. The standard InChI is InChI=1S/C15H19NO3/c1-9(2)16-8-12(10(3)17)11-6-14-15(7-13(11)16)19-5-4-18-14/h6-10,17H,4-5H2,1-3H3. The van der Waals surface area contributed by atoms with Crippen LogP contribution in [0.4, 0.5) is 0 Å². The molecule has 0 radical (unpaired) electrons. The molecule has 1 unspecified atom stereocenters. The molecular weight excluding hydrogens is 242 g/mol. The van der Waals surface area contributed by atoms with Gasteiger partial charge in [-0.3, -0.25) is 0 Å². The molecule has 0 aliphatic carbocycles. The van der Waals surface area contributed by atoms with Gasteiger partial charge in [0.15, 0.2) is 11.5 Å². The van der Waals surface area contributed by atoms with E-state index in [9.17, 15) is 5.11 Å². The van der Waals surface area contributed by atoms with Crippen molar-refractivity contribution in [3.05, 3.63) is 23.9 Å². The Bertz CT molecular complexity index is 561. The Balaban J connectivity index is 2.28. The maximum atomic E-state index is 9.94. The van der Waals surface area contributed by atoms with Crippen LogP contribution in [0.3, 0.4) is 0 Å². The lowest BCUT2D eigenvalue weighted by Gasteiger charge is -2.19. The molecule has 0 bridgehead atoms. The summed E-state index contributed by atoms with van der Waals surface area (Å²) in [5, 5.41) is 11.0. The molecule has 0 amide bonds. The molecule has 1 aliphatic rings. The van der Waals surface area contributed by atoms with E-state index in [1.54, 1.807) is 6.92 Å². The molecule has 0 saturated carbocycles. The zero-order chi connectivity index (χ0) is 13.6. The monoisotopic (exact) mass is 261 g/mol. The van der Waals surface area contributed by atoms with Crippen LogP contribution in [0.25, 0.3) is 10.9 Å². The average molecular weight is 261 g/mol. The summed E-state index contributed by atoms with van der Waals surface area (Å²) >= 11 is 0. The number of aliphatic hydroxyl groups is 1. The summed E-state index contributed by atoms with van der Waals surface area (Å²) < 4.78 is 13.4. The van der Waals surface area contributed by atoms with Crippen LogP contribution in [0, 0.1) is 0 Å². The fourth-order valence-electron chi connectivity index (χ4n) is 2.57. The Kier molecular flexibility index (Phi) is 2.90. The number of hydrogen-bond donors (Lipinski definition) is 1. The topological polar surface area (TPSA) is 43.6 Å². The quantitative estimate of drug-likeness (QED) is 0.903. The van der Waals surface area contributed by atoms with E-state index in [0.717, 1.165) is 28.0 Å². The van der Waals surface area contributed by atoms with Gasteiger partial charge >= 0.3 is 0 Å². The van der Waals surface area contributed by atoms with Crippen molar-refractivity contribution in [2.75, 3.05) is 13.2 Å². The van der Waals surface area contributed by atoms with Gasteiger partial charge in [-0.2, -0.15) is 0 Å². The van der Waals surface area contributed by atoms with Gasteiger partial charge in [-0.05, 0) is 26.8 Å². The molecule has 0 spiro atoms. The summed E-state index contributed by atoms with van der Waals surface area (Å²) in [7, 11) is 0. The van der Waals surface area contributed by atoms with E-state index in [4.69, 9.17) is 9.47 Å². The van der Waals surface area contributed by atoms with Crippen LogP contribution >= 0.6 is 0 Å². The maximum Gasteiger partial charge on any atom is 0.163 e. The van der Waals surface area contributed by atoms with Gasteiger partial charge in [0, 0.05) is 29.3 Å². The van der Waals surface area contributed by atoms with Gasteiger partial charge in [0.05, 0.1) is 11.6 Å². The number of ether oxygens (including phenoxy) is 2. The van der Waals surface area contributed by atoms with Gasteiger partial charge in [0.1, 0.15) is 13.2 Å². The van der Waals surface area contributed by atoms with E-state index in [1.807, 2.05) is 18.3 Å². The van der Waals surface area contributed by atoms with E-state index in [-0.39, 0.29) is 0 Å². The molecule has 2 aromatic rings. The second kappa shape index (κ2) is 4.46. The normalized spacial score (nSPS) is 16.1. The van der Waals surface area contributed by atoms with Gasteiger partial charge in [0.25, 0.3) is 0 Å². The third-order valence-electron chi connectivity index (χ3n) is 3.53. The van der Waals surface area contributed by atoms with Crippen molar-refractivity contribution in [2.45, 2.75) is 32.9 Å². The first-order chi connectivity index (χ1) is 9.08. The van der Waals surface area contributed by atoms with E-state index >= 15 is 0 Å². The molecular formula is C15H19NO3. The first kappa shape index (κ1) is 12.4. The third kappa shape index (κ3) is 1.96. The van der Waals surface area contributed by atoms with Gasteiger partial charge in [-0.1, -0.05) is 0 Å². The van der Waals surface area contributed by atoms with Crippen LogP contribution < -0.4 is 9.47 Å². The molecule has 1 N–H and O–H groups in total. The van der Waals surface area contributed by atoms with Gasteiger partial charge < -0.3 is 19.1 Å². The van der Waals surface area contributed by atoms with Crippen molar-refractivity contribution < 1.29 is 14.6 Å². The molecule has 0 fully saturated rings. The lowest BCUT2D eigenvalue weighted by Crippen LogP contribution is -2.15. The predicted molar refractivity (Wildman–Crippen MR) is 73.9 cm³/mol. The molecule has 4 nitrogen and oxygen atoms in total. The van der Waals surface area contributed by atoms with E-state index in [0.29, 0.717) is 19.3 Å². The fraction of sp³-hybridized carbons (Fsp3) is 0.467. The van der Waals surface area contributed by atoms with Crippen molar-refractivity contribution >= 4 is 10.9 Å². The molecule has 1 aliphatic heterocycles. The van der Waals surface area contributed by atoms with E-state index < -0.39 is 6.10 Å². The lowest BCUT2D eigenvalue weighted by atomic mass is 10.1. The summed E-state index contributed by atoms with van der Waals surface area (Å²) in [4.78, 5) is 0. The Labute approximate surface area is 112 Å². The minimum Gasteiger partial charge on any atom is -0.486 e. The Morgan fingerprint density at radius 3 is 2.32 bits per heavy atom. The van der Waals surface area contributed by atoms with Crippen molar-refractivity contribution in [3.8, 4) is 11.5 Å². The summed E-state index contributed by atoms with van der Waals surface area (Å²) in [6.45, 7) is 7.21. The lowest BCUT2D eigenvalue weighted by molar-refractivity contribution is 0.172. The van der Waals surface area contributed by atoms with Crippen molar-refractivity contribution in [2.24, 2.45) is 0 Å². The molecule has 1 aromatic heterocycles. The summed E-state index contributed by atoms with van der Waals surface area (Å²) in [5.41, 5.74) is 2.01. The third-order valence-corrected chi connectivity index (χ3v) is 3.53. The molecule has 3 rings (SSSR count). The second-order valence-electron chi connectivity index (χ2n) is 5.27. The number of aliphatic hydroxyl groups excluding tert-OH is 1. The predicted octanol–water partition coefficient (Wildman–Crippen LogP) is 3.05. The van der Waals surface area contributed by atoms with Gasteiger partial charge in [-0.25, -0.2) is 0 Å². The number of nitrogens with zero attached hydrogens (tertiary/aromatic N) is 1. The fourth-order valence-corrected chi connectivity index (χ4v) is 2.57. The Morgan fingerprint density at radius 2 is 1.74 bits per heavy atom. The molecule has 4 heteroatoms. The number of hydrogen-bond acceptors (Lipinski definition) is 3. The molecule has 0 saturated heterocycles. The number of benzene rings is 1. The number of fused-ring (bicyclic) bond motifs is 2. The first-order valence-electron chi connectivity index (χ1n) is 6.70. The number of aromatic nitrogens is 1. The molecule has 2 heterocycles. The largest absolute Gasteiger partial charge is 0.486 e. The van der Waals surface area contributed by atoms with Crippen LogP contribution in [-0.4, -0.2) is 22.9 Å². The van der Waals surface area contributed by atoms with Gasteiger partial charge in [-0.15, -0.1) is 0 Å². The van der Waals surface area contributed by atoms with Crippen LogP contribution in [0.1, 0.15) is 38.5 Å². The van der Waals surface area contributed by atoms with E-state index in [2.05, 4.69) is 18.4 Å². The van der Waals surface area contributed by atoms with Crippen molar-refractivity contribution in [3.63, 3.8) is 0 Å². The van der Waals surface area contributed by atoms with Crippen LogP contribution in [0.15, 0.2) is 18.3 Å². The molecule has 1 atom stereocenters. The van der Waals surface area contributed by atoms with E-state index in [1.165, 1.54) is 0 Å². The minimum absolute atomic E-state index is 0.331. The molecule has 19 heavy (non-hydrogen) atoms. The average Bonchev–Trinajstić information content (AvgIpc) is 2.74. The zero-order valence-electron chi connectivity index (χ0n) is 11.5. The highest BCUT2D eigenvalue weighted by atomic mass is 16.6. The first-order valence-corrected chi connectivity index (χ1v) is 6.70. The van der Waals surface area contributed by atoms with Crippen molar-refractivity contribution in [1.29, 1.82) is 0 Å². The smallest absolute Gasteiger partial charge is 0.163 e. The summed E-state index contributed by atoms with van der Waals surface area (Å²) in [6.07, 6.45) is 1.52. The highest BCUT2D eigenvalue weighted by Crippen LogP contribution is 2.39. The molecule has 102 valence electrons. The number of rotatable bonds is 2. The van der Waals surface area contributed by atoms with Crippen LogP contribution in [0.5, 0.6) is 11.5 Å². The highest BCUT2D eigenvalue weighted by Gasteiger charge is 2.19. The summed E-state index contributed by atoms with van der Waals surface area (Å²) in [5.74, 6) is 1.55. The van der Waals surface area contributed by atoms with Crippen LogP contribution in [0.2, 0.25) is 0 Å². The molecule has 1 aromatic carbocycles. The zero-order valence-corrected chi connectivity index (χ0v) is 11.5. The Morgan fingerprint density at radius 1 is 1.11 bits per heavy atom. The highest BCUT2D eigenvalue weighted by molar-refractivity contribution is 5.88. The van der Waals surface area contributed by atoms with Crippen molar-refractivity contribution in [1.82, 2.24) is 4.57 Å². The van der Waals surface area contributed by atoms with Crippen LogP contribution in [-0.2, 0) is 0 Å². The minimum atomic E-state index is -0.495.